The van der Waals surface area contributed by atoms with E-state index in [1.807, 2.05) is 6.07 Å². The first-order valence-corrected chi connectivity index (χ1v) is 8.49. The molecular weight excluding hydrogens is 362 g/mol. The van der Waals surface area contributed by atoms with Gasteiger partial charge < -0.3 is 20.3 Å². The second kappa shape index (κ2) is 8.26. The fraction of sp³-hybridized carbons (Fsp3) is 0.150. The fourth-order valence-corrected chi connectivity index (χ4v) is 2.74. The van der Waals surface area contributed by atoms with Crippen molar-refractivity contribution in [2.45, 2.75) is 12.5 Å². The van der Waals surface area contributed by atoms with Crippen molar-refractivity contribution < 1.29 is 24.5 Å². The Bertz CT molecular complexity index is 967. The van der Waals surface area contributed by atoms with E-state index < -0.39 is 17.9 Å². The van der Waals surface area contributed by atoms with Crippen LogP contribution in [0.25, 0.3) is 5.69 Å². The number of carbonyl (C=O) groups excluding carboxylic acids is 1. The molecule has 0 saturated carbocycles. The number of ether oxygens (including phenoxy) is 1. The minimum absolute atomic E-state index is 0.0229. The fourth-order valence-electron chi connectivity index (χ4n) is 2.74. The van der Waals surface area contributed by atoms with Crippen LogP contribution in [-0.4, -0.2) is 39.0 Å². The normalized spacial score (nSPS) is 11.6. The number of aromatic nitrogens is 2. The number of para-hydroxylation sites is 1. The maximum absolute atomic E-state index is 12.6. The molecule has 3 rings (SSSR count). The minimum Gasteiger partial charge on any atom is -0.497 e. The molecule has 1 atom stereocenters. The van der Waals surface area contributed by atoms with Crippen LogP contribution in [0.5, 0.6) is 11.6 Å². The summed E-state index contributed by atoms with van der Waals surface area (Å²) < 4.78 is 6.32. The summed E-state index contributed by atoms with van der Waals surface area (Å²) in [5.74, 6) is -1.22. The molecular formula is C20H19N3O5. The highest BCUT2D eigenvalue weighted by atomic mass is 16.5. The van der Waals surface area contributed by atoms with E-state index in [0.29, 0.717) is 17.0 Å². The number of amides is 1. The van der Waals surface area contributed by atoms with Gasteiger partial charge in [0.05, 0.1) is 25.3 Å². The average Bonchev–Trinajstić information content (AvgIpc) is 3.10. The Balaban J connectivity index is 1.83. The molecule has 8 nitrogen and oxygen atoms in total. The van der Waals surface area contributed by atoms with E-state index in [1.165, 1.54) is 17.9 Å². The molecule has 3 aromatic rings. The van der Waals surface area contributed by atoms with Gasteiger partial charge in [0.25, 0.3) is 5.91 Å². The van der Waals surface area contributed by atoms with Crippen molar-refractivity contribution in [2.24, 2.45) is 0 Å². The van der Waals surface area contributed by atoms with E-state index in [2.05, 4.69) is 10.4 Å². The number of hydrogen-bond acceptors (Lipinski definition) is 5. The zero-order valence-corrected chi connectivity index (χ0v) is 15.1. The number of carboxylic acids is 1. The molecule has 0 unspecified atom stereocenters. The topological polar surface area (TPSA) is 114 Å². The van der Waals surface area contributed by atoms with E-state index in [9.17, 15) is 19.8 Å². The molecule has 8 heteroatoms. The highest BCUT2D eigenvalue weighted by Crippen LogP contribution is 2.22. The van der Waals surface area contributed by atoms with E-state index in [1.54, 1.807) is 48.5 Å². The maximum Gasteiger partial charge on any atom is 0.305 e. The Kier molecular flexibility index (Phi) is 5.59. The van der Waals surface area contributed by atoms with Gasteiger partial charge in [-0.2, -0.15) is 5.10 Å². The Hall–Kier alpha value is -3.81. The van der Waals surface area contributed by atoms with Gasteiger partial charge in [-0.15, -0.1) is 0 Å². The van der Waals surface area contributed by atoms with E-state index in [0.717, 1.165) is 0 Å². The average molecular weight is 381 g/mol. The molecule has 0 saturated heterocycles. The second-order valence-electron chi connectivity index (χ2n) is 6.03. The number of nitrogens with one attached hydrogen (secondary N) is 1. The Labute approximate surface area is 161 Å². The summed E-state index contributed by atoms with van der Waals surface area (Å²) >= 11 is 0. The zero-order chi connectivity index (χ0) is 20.1. The van der Waals surface area contributed by atoms with Crippen LogP contribution < -0.4 is 10.1 Å². The van der Waals surface area contributed by atoms with Crippen molar-refractivity contribution in [3.8, 4) is 17.3 Å². The van der Waals surface area contributed by atoms with Gasteiger partial charge in [0.2, 0.25) is 5.88 Å². The summed E-state index contributed by atoms with van der Waals surface area (Å²) in [6.07, 6.45) is -0.302. The van der Waals surface area contributed by atoms with Gasteiger partial charge in [-0.3, -0.25) is 9.59 Å². The van der Waals surface area contributed by atoms with Crippen molar-refractivity contribution in [2.75, 3.05) is 7.11 Å². The quantitative estimate of drug-likeness (QED) is 0.580. The molecule has 0 bridgehead atoms. The van der Waals surface area contributed by atoms with Crippen molar-refractivity contribution in [3.63, 3.8) is 0 Å². The molecule has 0 spiro atoms. The van der Waals surface area contributed by atoms with E-state index >= 15 is 0 Å². The van der Waals surface area contributed by atoms with Crippen LogP contribution >= 0.6 is 0 Å². The summed E-state index contributed by atoms with van der Waals surface area (Å²) in [7, 11) is 1.53. The van der Waals surface area contributed by atoms with Crippen molar-refractivity contribution in [3.05, 3.63) is 71.9 Å². The largest absolute Gasteiger partial charge is 0.497 e. The molecule has 1 amide bonds. The Morgan fingerprint density at radius 1 is 1.14 bits per heavy atom. The summed E-state index contributed by atoms with van der Waals surface area (Å²) in [6.45, 7) is 0. The number of carbonyl (C=O) groups is 2. The molecule has 1 heterocycles. The molecule has 144 valence electrons. The van der Waals surface area contributed by atoms with Crippen LogP contribution in [0.2, 0.25) is 0 Å². The van der Waals surface area contributed by atoms with Crippen molar-refractivity contribution >= 4 is 11.9 Å². The molecule has 28 heavy (non-hydrogen) atoms. The standard InChI is InChI=1S/C20H19N3O5/c1-28-15-9-7-13(8-10-15)16(12-19(25)26)21-20(27)17-11-18(24)23(22-17)14-5-3-2-4-6-14/h2-11,16,24H,12H2,1H3,(H,21,27)(H,25,26)/t16-/m0/s1. The number of nitrogens with zero attached hydrogens (tertiary/aromatic N) is 2. The predicted molar refractivity (Wildman–Crippen MR) is 101 cm³/mol. The summed E-state index contributed by atoms with van der Waals surface area (Å²) in [4.78, 5) is 23.8. The first-order chi connectivity index (χ1) is 13.5. The second-order valence-corrected chi connectivity index (χ2v) is 6.03. The number of carboxylic acid groups (broad SMARTS) is 1. The summed E-state index contributed by atoms with van der Waals surface area (Å²) in [5, 5.41) is 26.1. The van der Waals surface area contributed by atoms with Gasteiger partial charge in [-0.25, -0.2) is 4.68 Å². The highest BCUT2D eigenvalue weighted by Gasteiger charge is 2.22. The van der Waals surface area contributed by atoms with Gasteiger partial charge in [0.15, 0.2) is 5.69 Å². The number of rotatable bonds is 7. The highest BCUT2D eigenvalue weighted by molar-refractivity contribution is 5.93. The first kappa shape index (κ1) is 19.0. The number of aliphatic carboxylic acids is 1. The Morgan fingerprint density at radius 2 is 1.82 bits per heavy atom. The smallest absolute Gasteiger partial charge is 0.305 e. The molecule has 0 radical (unpaired) electrons. The van der Waals surface area contributed by atoms with Crippen LogP contribution in [0, 0.1) is 0 Å². The molecule has 2 aromatic carbocycles. The third-order valence-electron chi connectivity index (χ3n) is 4.13. The number of hydrogen-bond donors (Lipinski definition) is 3. The zero-order valence-electron chi connectivity index (χ0n) is 15.1. The summed E-state index contributed by atoms with van der Waals surface area (Å²) in [6, 6.07) is 16.1. The van der Waals surface area contributed by atoms with Crippen molar-refractivity contribution in [1.82, 2.24) is 15.1 Å². The van der Waals surface area contributed by atoms with Crippen molar-refractivity contribution in [1.29, 1.82) is 0 Å². The van der Waals surface area contributed by atoms with Crippen LogP contribution in [0.4, 0.5) is 0 Å². The van der Waals surface area contributed by atoms with Gasteiger partial charge >= 0.3 is 5.97 Å². The predicted octanol–water partition coefficient (Wildman–Crippen LogP) is 2.53. The van der Waals surface area contributed by atoms with Gasteiger partial charge in [0, 0.05) is 6.07 Å². The molecule has 1 aromatic heterocycles. The van der Waals surface area contributed by atoms with E-state index in [-0.39, 0.29) is 18.0 Å². The Morgan fingerprint density at radius 3 is 2.43 bits per heavy atom. The lowest BCUT2D eigenvalue weighted by atomic mass is 10.0. The van der Waals surface area contributed by atoms with E-state index in [4.69, 9.17) is 4.74 Å². The molecule has 0 fully saturated rings. The molecule has 0 aliphatic rings. The first-order valence-electron chi connectivity index (χ1n) is 8.49. The lowest BCUT2D eigenvalue weighted by molar-refractivity contribution is -0.137. The van der Waals surface area contributed by atoms with Crippen LogP contribution in [-0.2, 0) is 4.79 Å². The van der Waals surface area contributed by atoms with Gasteiger partial charge in [-0.05, 0) is 29.8 Å². The summed E-state index contributed by atoms with van der Waals surface area (Å²) in [5.41, 5.74) is 1.19. The maximum atomic E-state index is 12.6. The minimum atomic E-state index is -1.06. The van der Waals surface area contributed by atoms with Gasteiger partial charge in [-0.1, -0.05) is 30.3 Å². The van der Waals surface area contributed by atoms with Crippen LogP contribution in [0.1, 0.15) is 28.5 Å². The number of benzene rings is 2. The third kappa shape index (κ3) is 4.29. The number of methoxy groups -OCH3 is 1. The number of aromatic hydroxyl groups is 1. The SMILES string of the molecule is COc1ccc([C@H](CC(=O)O)NC(=O)c2cc(O)n(-c3ccccc3)n2)cc1. The van der Waals surface area contributed by atoms with Crippen LogP contribution in [0.15, 0.2) is 60.7 Å². The van der Waals surface area contributed by atoms with Crippen LogP contribution in [0.3, 0.4) is 0 Å². The molecule has 0 aliphatic carbocycles. The lowest BCUT2D eigenvalue weighted by Crippen LogP contribution is -2.30. The van der Waals surface area contributed by atoms with Gasteiger partial charge in [0.1, 0.15) is 5.75 Å². The molecule has 0 aliphatic heterocycles. The lowest BCUT2D eigenvalue weighted by Gasteiger charge is -2.17. The monoisotopic (exact) mass is 381 g/mol. The third-order valence-corrected chi connectivity index (χ3v) is 4.13. The molecule has 3 N–H and O–H groups in total.